The Morgan fingerprint density at radius 3 is 3.00 bits per heavy atom. The van der Waals surface area contributed by atoms with Crippen molar-refractivity contribution in [1.82, 2.24) is 20.5 Å². The van der Waals surface area contributed by atoms with Gasteiger partial charge in [-0.2, -0.15) is 0 Å². The monoisotopic (exact) mass is 340 g/mol. The van der Waals surface area contributed by atoms with Crippen LogP contribution in [0.4, 0.5) is 0 Å². The highest BCUT2D eigenvalue weighted by atomic mass is 32.2. The van der Waals surface area contributed by atoms with Crippen LogP contribution in [0.3, 0.4) is 0 Å². The van der Waals surface area contributed by atoms with Gasteiger partial charge in [-0.1, -0.05) is 37.4 Å². The third-order valence-corrected chi connectivity index (χ3v) is 5.21. The Labute approximate surface area is 142 Å². The molecular weight excluding hydrogens is 312 g/mol. The fourth-order valence-electron chi connectivity index (χ4n) is 2.87. The Balaban J connectivity index is 1.68. The van der Waals surface area contributed by atoms with E-state index in [0.29, 0.717) is 18.3 Å². The summed E-state index contributed by atoms with van der Waals surface area (Å²) in [6.07, 6.45) is 8.43. The van der Waals surface area contributed by atoms with E-state index in [0.717, 1.165) is 24.6 Å². The van der Waals surface area contributed by atoms with Crippen molar-refractivity contribution in [2.24, 2.45) is 5.92 Å². The Kier molecular flexibility index (Phi) is 7.88. The number of hydrogen-bond acceptors (Lipinski definition) is 5. The number of methoxy groups -OCH3 is 1. The molecule has 23 heavy (non-hydrogen) atoms. The Morgan fingerprint density at radius 2 is 2.26 bits per heavy atom. The first-order valence-corrected chi connectivity index (χ1v) is 9.41. The molecule has 1 atom stereocenters. The summed E-state index contributed by atoms with van der Waals surface area (Å²) < 4.78 is 4.96. The van der Waals surface area contributed by atoms with Gasteiger partial charge >= 0.3 is 0 Å². The zero-order chi connectivity index (χ0) is 16.5. The number of ether oxygens (including phenoxy) is 1. The minimum atomic E-state index is -0.198. The van der Waals surface area contributed by atoms with Gasteiger partial charge in [-0.15, -0.1) is 5.10 Å². The zero-order valence-corrected chi connectivity index (χ0v) is 15.0. The van der Waals surface area contributed by atoms with Gasteiger partial charge in [-0.05, 0) is 25.7 Å². The van der Waals surface area contributed by atoms with E-state index in [4.69, 9.17) is 4.74 Å². The molecule has 0 bridgehead atoms. The van der Waals surface area contributed by atoms with Crippen LogP contribution in [0.5, 0.6) is 0 Å². The highest BCUT2D eigenvalue weighted by Gasteiger charge is 2.18. The molecule has 0 radical (unpaired) electrons. The van der Waals surface area contributed by atoms with Gasteiger partial charge in [-0.25, -0.2) is 4.98 Å². The van der Waals surface area contributed by atoms with Gasteiger partial charge in [0.05, 0.1) is 5.25 Å². The van der Waals surface area contributed by atoms with Crippen molar-refractivity contribution in [1.29, 1.82) is 0 Å². The lowest BCUT2D eigenvalue weighted by atomic mass is 10.0. The molecule has 2 rings (SSSR count). The first-order valence-electron chi connectivity index (χ1n) is 8.53. The summed E-state index contributed by atoms with van der Waals surface area (Å²) in [4.78, 5) is 16.5. The summed E-state index contributed by atoms with van der Waals surface area (Å²) in [5.41, 5.74) is 0. The number of aryl methyl sites for hydroxylation is 1. The molecule has 1 aliphatic rings. The van der Waals surface area contributed by atoms with Crippen LogP contribution in [0.15, 0.2) is 5.16 Å². The Bertz CT molecular complexity index is 474. The van der Waals surface area contributed by atoms with Gasteiger partial charge in [0, 0.05) is 26.7 Å². The molecule has 130 valence electrons. The van der Waals surface area contributed by atoms with Gasteiger partial charge in [0.15, 0.2) is 0 Å². The molecule has 0 aromatic carbocycles. The molecule has 2 N–H and O–H groups in total. The lowest BCUT2D eigenvalue weighted by molar-refractivity contribution is -0.120. The molecule has 7 heteroatoms. The van der Waals surface area contributed by atoms with Crippen LogP contribution in [0, 0.1) is 5.92 Å². The van der Waals surface area contributed by atoms with Crippen LogP contribution in [0.1, 0.15) is 51.3 Å². The van der Waals surface area contributed by atoms with Gasteiger partial charge in [0.2, 0.25) is 11.1 Å². The topological polar surface area (TPSA) is 79.9 Å². The molecule has 0 aliphatic heterocycles. The number of aromatic amines is 1. The Morgan fingerprint density at radius 1 is 1.48 bits per heavy atom. The number of aromatic nitrogens is 3. The van der Waals surface area contributed by atoms with E-state index in [1.165, 1.54) is 43.9 Å². The molecule has 6 nitrogen and oxygen atoms in total. The molecule has 0 saturated heterocycles. The van der Waals surface area contributed by atoms with E-state index in [-0.39, 0.29) is 11.2 Å². The van der Waals surface area contributed by atoms with E-state index in [9.17, 15) is 4.79 Å². The lowest BCUT2D eigenvalue weighted by Crippen LogP contribution is -2.32. The van der Waals surface area contributed by atoms with Crippen molar-refractivity contribution < 1.29 is 9.53 Å². The number of nitrogens with zero attached hydrogens (tertiary/aromatic N) is 2. The average molecular weight is 340 g/mol. The second-order valence-electron chi connectivity index (χ2n) is 6.15. The number of H-pyrrole nitrogens is 1. The molecule has 1 unspecified atom stereocenters. The largest absolute Gasteiger partial charge is 0.385 e. The van der Waals surface area contributed by atoms with Crippen molar-refractivity contribution in [3.63, 3.8) is 0 Å². The second kappa shape index (κ2) is 9.93. The summed E-state index contributed by atoms with van der Waals surface area (Å²) >= 11 is 1.40. The third-order valence-electron chi connectivity index (χ3n) is 4.25. The number of nitrogens with one attached hydrogen (secondary N) is 2. The highest BCUT2D eigenvalue weighted by Crippen LogP contribution is 2.28. The van der Waals surface area contributed by atoms with Crippen molar-refractivity contribution >= 4 is 17.7 Å². The predicted octanol–water partition coefficient (Wildman–Crippen LogP) is 2.56. The maximum Gasteiger partial charge on any atom is 0.233 e. The van der Waals surface area contributed by atoms with Gasteiger partial charge in [-0.3, -0.25) is 9.89 Å². The highest BCUT2D eigenvalue weighted by molar-refractivity contribution is 8.00. The maximum absolute atomic E-state index is 12.0. The number of amides is 1. The fraction of sp³-hybridized carbons (Fsp3) is 0.812. The number of carbonyl (C=O) groups is 1. The van der Waals surface area contributed by atoms with Crippen LogP contribution in [0.2, 0.25) is 0 Å². The van der Waals surface area contributed by atoms with E-state index >= 15 is 0 Å². The lowest BCUT2D eigenvalue weighted by Gasteiger charge is -2.09. The summed E-state index contributed by atoms with van der Waals surface area (Å²) in [7, 11) is 1.66. The van der Waals surface area contributed by atoms with Crippen molar-refractivity contribution in [3.8, 4) is 0 Å². The number of hydrogen-bond donors (Lipinski definition) is 2. The minimum absolute atomic E-state index is 0.0170. The van der Waals surface area contributed by atoms with E-state index in [1.54, 1.807) is 7.11 Å². The SMILES string of the molecule is COCCCNC(=O)C(C)Sc1n[nH]c(CCC2CCCC2)n1. The van der Waals surface area contributed by atoms with Gasteiger partial charge in [0.25, 0.3) is 0 Å². The normalized spacial score (nSPS) is 16.6. The number of thioether (sulfide) groups is 1. The molecule has 1 heterocycles. The predicted molar refractivity (Wildman–Crippen MR) is 91.5 cm³/mol. The molecule has 0 spiro atoms. The van der Waals surface area contributed by atoms with E-state index < -0.39 is 0 Å². The quantitative estimate of drug-likeness (QED) is 0.505. The Hall–Kier alpha value is -1.08. The first-order chi connectivity index (χ1) is 11.2. The van der Waals surface area contributed by atoms with Crippen molar-refractivity contribution in [2.75, 3.05) is 20.3 Å². The molecule has 1 aliphatic carbocycles. The molecule has 1 fully saturated rings. The number of carbonyl (C=O) groups excluding carboxylic acids is 1. The average Bonchev–Trinajstić information content (AvgIpc) is 3.20. The van der Waals surface area contributed by atoms with Crippen molar-refractivity contribution in [2.45, 2.75) is 62.3 Å². The molecule has 1 amide bonds. The summed E-state index contributed by atoms with van der Waals surface area (Å²) in [5.74, 6) is 1.81. The van der Waals surface area contributed by atoms with Crippen molar-refractivity contribution in [3.05, 3.63) is 5.82 Å². The van der Waals surface area contributed by atoms with Crippen LogP contribution in [0.25, 0.3) is 0 Å². The standard InChI is InChI=1S/C16H28N4O2S/c1-12(15(21)17-10-5-11-22-2)23-16-18-14(19-20-16)9-8-13-6-3-4-7-13/h12-13H,3-11H2,1-2H3,(H,17,21)(H,18,19,20). The molecule has 1 saturated carbocycles. The second-order valence-corrected chi connectivity index (χ2v) is 7.46. The summed E-state index contributed by atoms with van der Waals surface area (Å²) in [5, 5.41) is 10.6. The van der Waals surface area contributed by atoms with Crippen LogP contribution in [-0.4, -0.2) is 46.6 Å². The number of rotatable bonds is 10. The molecular formula is C16H28N4O2S. The van der Waals surface area contributed by atoms with Crippen LogP contribution < -0.4 is 5.32 Å². The van der Waals surface area contributed by atoms with Crippen LogP contribution >= 0.6 is 11.8 Å². The van der Waals surface area contributed by atoms with Gasteiger partial charge < -0.3 is 10.1 Å². The smallest absolute Gasteiger partial charge is 0.233 e. The third kappa shape index (κ3) is 6.51. The maximum atomic E-state index is 12.0. The first kappa shape index (κ1) is 18.3. The van der Waals surface area contributed by atoms with E-state index in [2.05, 4.69) is 20.5 Å². The molecule has 1 aromatic heterocycles. The minimum Gasteiger partial charge on any atom is -0.385 e. The summed E-state index contributed by atoms with van der Waals surface area (Å²) in [6.45, 7) is 3.18. The van der Waals surface area contributed by atoms with Gasteiger partial charge in [0.1, 0.15) is 5.82 Å². The zero-order valence-electron chi connectivity index (χ0n) is 14.1. The fourth-order valence-corrected chi connectivity index (χ4v) is 3.63. The summed E-state index contributed by atoms with van der Waals surface area (Å²) in [6, 6.07) is 0. The molecule has 1 aromatic rings. The van der Waals surface area contributed by atoms with E-state index in [1.807, 2.05) is 6.92 Å². The van der Waals surface area contributed by atoms with Crippen LogP contribution in [-0.2, 0) is 16.0 Å².